The summed E-state index contributed by atoms with van der Waals surface area (Å²) in [7, 11) is 0. The van der Waals surface area contributed by atoms with Gasteiger partial charge in [-0.15, -0.1) is 0 Å². The highest BCUT2D eigenvalue weighted by Gasteiger charge is 2.31. The van der Waals surface area contributed by atoms with E-state index in [0.717, 1.165) is 0 Å². The van der Waals surface area contributed by atoms with Gasteiger partial charge in [0.05, 0.1) is 10.5 Å². The number of rotatable bonds is 2. The average molecular weight is 283 g/mol. The quantitative estimate of drug-likeness (QED) is 0.619. The topological polar surface area (TPSA) is 63.5 Å². The number of halogens is 1. The van der Waals surface area contributed by atoms with E-state index in [9.17, 15) is 14.9 Å². The monoisotopic (exact) mass is 282 g/mol. The lowest BCUT2D eigenvalue weighted by Crippen LogP contribution is -2.29. The van der Waals surface area contributed by atoms with E-state index < -0.39 is 4.92 Å². The predicted octanol–water partition coefficient (Wildman–Crippen LogP) is 2.98. The average Bonchev–Trinajstić information content (AvgIpc) is 2.69. The number of amides is 1. The van der Waals surface area contributed by atoms with Gasteiger partial charge in [0.25, 0.3) is 11.6 Å². The van der Waals surface area contributed by atoms with Crippen molar-refractivity contribution in [1.82, 2.24) is 4.90 Å². The molecule has 0 aromatic heterocycles. The number of hydrogen-bond acceptors (Lipinski definition) is 3. The summed E-state index contributed by atoms with van der Waals surface area (Å²) in [5.41, 5.74) is -0.0232. The molecule has 102 valence electrons. The fourth-order valence-corrected chi connectivity index (χ4v) is 2.57. The fraction of sp³-hybridized carbons (Fsp3) is 0.462. The summed E-state index contributed by atoms with van der Waals surface area (Å²) >= 11 is 5.96. The smallest absolute Gasteiger partial charge is 0.288 e. The van der Waals surface area contributed by atoms with Crippen molar-refractivity contribution in [2.45, 2.75) is 13.8 Å². The van der Waals surface area contributed by atoms with Gasteiger partial charge in [-0.3, -0.25) is 14.9 Å². The van der Waals surface area contributed by atoms with Crippen molar-refractivity contribution < 1.29 is 9.72 Å². The number of nitrogens with zero attached hydrogens (tertiary/aromatic N) is 2. The van der Waals surface area contributed by atoms with Crippen LogP contribution in [0.5, 0.6) is 0 Å². The molecule has 1 aliphatic rings. The van der Waals surface area contributed by atoms with Gasteiger partial charge in [-0.1, -0.05) is 31.5 Å². The molecule has 5 nitrogen and oxygen atoms in total. The van der Waals surface area contributed by atoms with E-state index in [4.69, 9.17) is 11.6 Å². The van der Waals surface area contributed by atoms with Gasteiger partial charge in [-0.2, -0.15) is 0 Å². The third-order valence-electron chi connectivity index (χ3n) is 3.68. The molecule has 0 spiro atoms. The highest BCUT2D eigenvalue weighted by Crippen LogP contribution is 2.30. The maximum atomic E-state index is 12.4. The maximum Gasteiger partial charge on any atom is 0.288 e. The van der Waals surface area contributed by atoms with Crippen LogP contribution >= 0.6 is 11.6 Å². The van der Waals surface area contributed by atoms with Crippen molar-refractivity contribution in [1.29, 1.82) is 0 Å². The first-order chi connectivity index (χ1) is 8.91. The Morgan fingerprint density at radius 2 is 1.95 bits per heavy atom. The van der Waals surface area contributed by atoms with Crippen LogP contribution < -0.4 is 0 Å². The standard InChI is InChI=1S/C13H15ClN2O3/c1-8-6-15(7-9(8)2)13(17)10-4-3-5-11(12(10)14)16(18)19/h3-5,8-9H,6-7H2,1-2H3. The van der Waals surface area contributed by atoms with E-state index in [0.29, 0.717) is 24.9 Å². The zero-order valence-corrected chi connectivity index (χ0v) is 11.6. The number of benzene rings is 1. The molecule has 6 heteroatoms. The predicted molar refractivity (Wildman–Crippen MR) is 72.3 cm³/mol. The molecule has 2 rings (SSSR count). The molecule has 0 saturated carbocycles. The normalized spacial score (nSPS) is 22.6. The molecule has 1 heterocycles. The third-order valence-corrected chi connectivity index (χ3v) is 4.08. The van der Waals surface area contributed by atoms with Crippen LogP contribution in [0.3, 0.4) is 0 Å². The summed E-state index contributed by atoms with van der Waals surface area (Å²) < 4.78 is 0. The van der Waals surface area contributed by atoms with Gasteiger partial charge in [0.1, 0.15) is 5.02 Å². The van der Waals surface area contributed by atoms with Gasteiger partial charge in [-0.25, -0.2) is 0 Å². The van der Waals surface area contributed by atoms with E-state index in [1.54, 1.807) is 4.90 Å². The molecule has 2 atom stereocenters. The van der Waals surface area contributed by atoms with Crippen LogP contribution in [0.25, 0.3) is 0 Å². The molecular weight excluding hydrogens is 268 g/mol. The Balaban J connectivity index is 2.30. The molecular formula is C13H15ClN2O3. The molecule has 0 N–H and O–H groups in total. The summed E-state index contributed by atoms with van der Waals surface area (Å²) in [6.45, 7) is 5.51. The summed E-state index contributed by atoms with van der Waals surface area (Å²) in [5.74, 6) is 0.632. The Morgan fingerprint density at radius 1 is 1.37 bits per heavy atom. The Labute approximate surface area is 116 Å². The number of carbonyl (C=O) groups excluding carboxylic acids is 1. The van der Waals surface area contributed by atoms with Gasteiger partial charge in [0, 0.05) is 19.2 Å². The second-order valence-electron chi connectivity index (χ2n) is 5.06. The maximum absolute atomic E-state index is 12.4. The summed E-state index contributed by atoms with van der Waals surface area (Å²) in [6, 6.07) is 4.32. The Morgan fingerprint density at radius 3 is 2.47 bits per heavy atom. The molecule has 1 fully saturated rings. The molecule has 2 unspecified atom stereocenters. The van der Waals surface area contributed by atoms with Crippen molar-refractivity contribution in [3.05, 3.63) is 38.9 Å². The van der Waals surface area contributed by atoms with Crippen LogP contribution in [0.1, 0.15) is 24.2 Å². The second kappa shape index (κ2) is 5.17. The van der Waals surface area contributed by atoms with Crippen molar-refractivity contribution in [2.75, 3.05) is 13.1 Å². The molecule has 0 aliphatic carbocycles. The highest BCUT2D eigenvalue weighted by molar-refractivity contribution is 6.35. The van der Waals surface area contributed by atoms with Gasteiger partial charge in [0.15, 0.2) is 0 Å². The fourth-order valence-electron chi connectivity index (χ4n) is 2.29. The van der Waals surface area contributed by atoms with E-state index in [-0.39, 0.29) is 22.2 Å². The van der Waals surface area contributed by atoms with E-state index >= 15 is 0 Å². The Bertz CT molecular complexity index is 523. The molecule has 1 saturated heterocycles. The van der Waals surface area contributed by atoms with Crippen LogP contribution in [-0.4, -0.2) is 28.8 Å². The minimum Gasteiger partial charge on any atom is -0.338 e. The lowest BCUT2D eigenvalue weighted by atomic mass is 10.0. The van der Waals surface area contributed by atoms with E-state index in [1.165, 1.54) is 18.2 Å². The van der Waals surface area contributed by atoms with Gasteiger partial charge < -0.3 is 4.90 Å². The zero-order chi connectivity index (χ0) is 14.2. The van der Waals surface area contributed by atoms with Crippen molar-refractivity contribution in [2.24, 2.45) is 11.8 Å². The number of nitro benzene ring substituents is 1. The molecule has 1 aromatic rings. The first-order valence-corrected chi connectivity index (χ1v) is 6.51. The van der Waals surface area contributed by atoms with Crippen molar-refractivity contribution in [3.63, 3.8) is 0 Å². The van der Waals surface area contributed by atoms with Crippen molar-refractivity contribution >= 4 is 23.2 Å². The van der Waals surface area contributed by atoms with Crippen molar-refractivity contribution in [3.8, 4) is 0 Å². The summed E-state index contributed by atoms with van der Waals surface area (Å²) in [5, 5.41) is 10.7. The van der Waals surface area contributed by atoms with Crippen LogP contribution in [0.15, 0.2) is 18.2 Å². The Hall–Kier alpha value is -1.62. The summed E-state index contributed by atoms with van der Waals surface area (Å²) in [4.78, 5) is 24.3. The van der Waals surface area contributed by atoms with Gasteiger partial charge >= 0.3 is 0 Å². The number of nitro groups is 1. The Kier molecular flexibility index (Phi) is 3.75. The highest BCUT2D eigenvalue weighted by atomic mass is 35.5. The molecule has 1 amide bonds. The molecule has 1 aromatic carbocycles. The largest absolute Gasteiger partial charge is 0.338 e. The van der Waals surface area contributed by atoms with E-state index in [1.807, 2.05) is 0 Å². The van der Waals surface area contributed by atoms with Crippen LogP contribution in [0.4, 0.5) is 5.69 Å². The lowest BCUT2D eigenvalue weighted by Gasteiger charge is -2.16. The molecule has 1 aliphatic heterocycles. The molecule has 0 bridgehead atoms. The third kappa shape index (κ3) is 2.56. The second-order valence-corrected chi connectivity index (χ2v) is 5.44. The zero-order valence-electron chi connectivity index (χ0n) is 10.8. The van der Waals surface area contributed by atoms with Crippen LogP contribution in [0, 0.1) is 22.0 Å². The number of carbonyl (C=O) groups is 1. The van der Waals surface area contributed by atoms with Crippen LogP contribution in [0.2, 0.25) is 5.02 Å². The van der Waals surface area contributed by atoms with Gasteiger partial charge in [-0.05, 0) is 17.9 Å². The molecule has 19 heavy (non-hydrogen) atoms. The number of likely N-dealkylation sites (tertiary alicyclic amines) is 1. The SMILES string of the molecule is CC1CN(C(=O)c2cccc([N+](=O)[O-])c2Cl)CC1C. The first-order valence-electron chi connectivity index (χ1n) is 6.14. The van der Waals surface area contributed by atoms with E-state index in [2.05, 4.69) is 13.8 Å². The minimum atomic E-state index is -0.575. The molecule has 0 radical (unpaired) electrons. The summed E-state index contributed by atoms with van der Waals surface area (Å²) in [6.07, 6.45) is 0. The minimum absolute atomic E-state index is 0.0790. The first kappa shape index (κ1) is 13.8. The lowest BCUT2D eigenvalue weighted by molar-refractivity contribution is -0.384. The van der Waals surface area contributed by atoms with Crippen LogP contribution in [-0.2, 0) is 0 Å². The number of hydrogen-bond donors (Lipinski definition) is 0. The van der Waals surface area contributed by atoms with Gasteiger partial charge in [0.2, 0.25) is 0 Å².